The van der Waals surface area contributed by atoms with E-state index in [0.29, 0.717) is 6.54 Å². The summed E-state index contributed by atoms with van der Waals surface area (Å²) in [7, 11) is 0. The largest absolute Gasteiger partial charge is 0.478 e. The van der Waals surface area contributed by atoms with Gasteiger partial charge in [-0.15, -0.1) is 0 Å². The van der Waals surface area contributed by atoms with Crippen LogP contribution in [0.2, 0.25) is 0 Å². The lowest BCUT2D eigenvalue weighted by molar-refractivity contribution is -0.116. The molecule has 0 saturated heterocycles. The Labute approximate surface area is 126 Å². The van der Waals surface area contributed by atoms with Gasteiger partial charge in [-0.25, -0.2) is 4.79 Å². The smallest absolute Gasteiger partial charge is 0.335 e. The van der Waals surface area contributed by atoms with Gasteiger partial charge in [-0.3, -0.25) is 4.79 Å². The molecule has 0 radical (unpaired) electrons. The highest BCUT2D eigenvalue weighted by Gasteiger charge is 2.12. The van der Waals surface area contributed by atoms with E-state index in [4.69, 9.17) is 5.11 Å². The van der Waals surface area contributed by atoms with Crippen LogP contribution in [0.3, 0.4) is 0 Å². The Morgan fingerprint density at radius 3 is 2.05 bits per heavy atom. The number of benzene rings is 1. The summed E-state index contributed by atoms with van der Waals surface area (Å²) >= 11 is 0. The molecule has 0 spiro atoms. The number of aromatic carboxylic acids is 1. The van der Waals surface area contributed by atoms with Crippen molar-refractivity contribution in [1.29, 1.82) is 0 Å². The Bertz CT molecular complexity index is 467. The molecule has 5 nitrogen and oxygen atoms in total. The van der Waals surface area contributed by atoms with E-state index in [0.717, 1.165) is 31.7 Å². The first-order valence-corrected chi connectivity index (χ1v) is 7.33. The third-order valence-corrected chi connectivity index (χ3v) is 3.56. The SMILES string of the molecule is CCN(CC)CCCN(C(C)=O)c1ccc(C(=O)O)cc1. The van der Waals surface area contributed by atoms with E-state index in [1.807, 2.05) is 0 Å². The van der Waals surface area contributed by atoms with Gasteiger partial charge in [0.2, 0.25) is 5.91 Å². The highest BCUT2D eigenvalue weighted by molar-refractivity contribution is 5.93. The second-order valence-corrected chi connectivity index (χ2v) is 4.90. The molecule has 0 unspecified atom stereocenters. The van der Waals surface area contributed by atoms with Crippen LogP contribution >= 0.6 is 0 Å². The van der Waals surface area contributed by atoms with Gasteiger partial charge in [0.15, 0.2) is 0 Å². The molecule has 0 heterocycles. The zero-order valence-corrected chi connectivity index (χ0v) is 13.0. The van der Waals surface area contributed by atoms with Crippen LogP contribution in [0.1, 0.15) is 37.6 Å². The lowest BCUT2D eigenvalue weighted by atomic mass is 10.2. The van der Waals surface area contributed by atoms with Crippen LogP contribution in [-0.2, 0) is 4.79 Å². The van der Waals surface area contributed by atoms with Crippen LogP contribution < -0.4 is 4.90 Å². The predicted octanol–water partition coefficient (Wildman–Crippen LogP) is 2.47. The number of nitrogens with zero attached hydrogens (tertiary/aromatic N) is 2. The molecule has 1 rings (SSSR count). The molecule has 0 aliphatic rings. The third-order valence-electron chi connectivity index (χ3n) is 3.56. The van der Waals surface area contributed by atoms with Crippen molar-refractivity contribution in [2.75, 3.05) is 31.1 Å². The van der Waals surface area contributed by atoms with Gasteiger partial charge in [-0.05, 0) is 50.3 Å². The van der Waals surface area contributed by atoms with Gasteiger partial charge < -0.3 is 14.9 Å². The van der Waals surface area contributed by atoms with Crippen molar-refractivity contribution in [3.63, 3.8) is 0 Å². The van der Waals surface area contributed by atoms with E-state index < -0.39 is 5.97 Å². The number of hydrogen-bond donors (Lipinski definition) is 1. The van der Waals surface area contributed by atoms with E-state index in [-0.39, 0.29) is 11.5 Å². The summed E-state index contributed by atoms with van der Waals surface area (Å²) in [5, 5.41) is 8.89. The molecule has 1 aromatic rings. The van der Waals surface area contributed by atoms with Gasteiger partial charge in [0, 0.05) is 19.2 Å². The summed E-state index contributed by atoms with van der Waals surface area (Å²) in [6.45, 7) is 9.37. The molecule has 0 aromatic heterocycles. The monoisotopic (exact) mass is 292 g/mol. The number of carbonyl (C=O) groups excluding carboxylic acids is 1. The number of carboxylic acid groups (broad SMARTS) is 1. The minimum atomic E-state index is -0.961. The maximum atomic E-state index is 11.8. The standard InChI is InChI=1S/C16H24N2O3/c1-4-17(5-2)11-6-12-18(13(3)19)15-9-7-14(8-10-15)16(20)21/h7-10H,4-6,11-12H2,1-3H3,(H,20,21). The number of carboxylic acids is 1. The van der Waals surface area contributed by atoms with Crippen molar-refractivity contribution in [3.8, 4) is 0 Å². The Balaban J connectivity index is 2.69. The second kappa shape index (κ2) is 8.42. The van der Waals surface area contributed by atoms with Crippen molar-refractivity contribution in [2.45, 2.75) is 27.2 Å². The van der Waals surface area contributed by atoms with E-state index in [1.54, 1.807) is 17.0 Å². The van der Waals surface area contributed by atoms with Gasteiger partial charge in [-0.2, -0.15) is 0 Å². The predicted molar refractivity (Wildman–Crippen MR) is 83.8 cm³/mol. The summed E-state index contributed by atoms with van der Waals surface area (Å²) in [5.41, 5.74) is 0.970. The Morgan fingerprint density at radius 1 is 1.05 bits per heavy atom. The van der Waals surface area contributed by atoms with Gasteiger partial charge >= 0.3 is 5.97 Å². The topological polar surface area (TPSA) is 60.9 Å². The van der Waals surface area contributed by atoms with Crippen molar-refractivity contribution >= 4 is 17.6 Å². The lowest BCUT2D eigenvalue weighted by Gasteiger charge is -2.24. The summed E-state index contributed by atoms with van der Waals surface area (Å²) in [6, 6.07) is 6.42. The zero-order valence-electron chi connectivity index (χ0n) is 13.0. The van der Waals surface area contributed by atoms with Crippen LogP contribution in [0.5, 0.6) is 0 Å². The number of carbonyl (C=O) groups is 2. The van der Waals surface area contributed by atoms with Crippen LogP contribution in [0.25, 0.3) is 0 Å². The third kappa shape index (κ3) is 5.19. The molecule has 0 bridgehead atoms. The molecule has 0 aliphatic carbocycles. The number of amides is 1. The minimum Gasteiger partial charge on any atom is -0.478 e. The molecule has 0 saturated carbocycles. The van der Waals surface area contributed by atoms with Crippen LogP contribution in [0.4, 0.5) is 5.69 Å². The minimum absolute atomic E-state index is 0.0300. The summed E-state index contributed by atoms with van der Waals surface area (Å²) in [6.07, 6.45) is 0.891. The molecule has 21 heavy (non-hydrogen) atoms. The first-order valence-electron chi connectivity index (χ1n) is 7.33. The molecule has 0 aliphatic heterocycles. The summed E-state index contributed by atoms with van der Waals surface area (Å²) in [5.74, 6) is -0.991. The Morgan fingerprint density at radius 2 is 1.62 bits per heavy atom. The van der Waals surface area contributed by atoms with E-state index in [2.05, 4.69) is 18.7 Å². The van der Waals surface area contributed by atoms with Gasteiger partial charge in [0.1, 0.15) is 0 Å². The Kier molecular flexibility index (Phi) is 6.88. The van der Waals surface area contributed by atoms with Gasteiger partial charge in [-0.1, -0.05) is 13.8 Å². The highest BCUT2D eigenvalue weighted by Crippen LogP contribution is 2.16. The number of anilines is 1. The first-order chi connectivity index (χ1) is 9.99. The normalized spacial score (nSPS) is 10.7. The summed E-state index contributed by atoms with van der Waals surface area (Å²) in [4.78, 5) is 26.6. The average Bonchev–Trinajstić information content (AvgIpc) is 2.47. The van der Waals surface area contributed by atoms with Crippen LogP contribution in [-0.4, -0.2) is 48.1 Å². The maximum absolute atomic E-state index is 11.8. The van der Waals surface area contributed by atoms with E-state index in [1.165, 1.54) is 19.1 Å². The van der Waals surface area contributed by atoms with Gasteiger partial charge in [0.25, 0.3) is 0 Å². The molecule has 0 fully saturated rings. The van der Waals surface area contributed by atoms with Crippen molar-refractivity contribution < 1.29 is 14.7 Å². The number of hydrogen-bond acceptors (Lipinski definition) is 3. The van der Waals surface area contributed by atoms with E-state index >= 15 is 0 Å². The molecule has 1 N–H and O–H groups in total. The zero-order chi connectivity index (χ0) is 15.8. The highest BCUT2D eigenvalue weighted by atomic mass is 16.4. The summed E-state index contributed by atoms with van der Waals surface area (Å²) < 4.78 is 0. The van der Waals surface area contributed by atoms with Crippen molar-refractivity contribution in [3.05, 3.63) is 29.8 Å². The lowest BCUT2D eigenvalue weighted by Crippen LogP contribution is -2.33. The van der Waals surface area contributed by atoms with Gasteiger partial charge in [0.05, 0.1) is 5.56 Å². The van der Waals surface area contributed by atoms with Crippen molar-refractivity contribution in [2.24, 2.45) is 0 Å². The molecule has 0 atom stereocenters. The molecule has 5 heteroatoms. The average molecular weight is 292 g/mol. The fourth-order valence-corrected chi connectivity index (χ4v) is 2.24. The first kappa shape index (κ1) is 17.2. The van der Waals surface area contributed by atoms with E-state index in [9.17, 15) is 9.59 Å². The maximum Gasteiger partial charge on any atom is 0.335 e. The fraction of sp³-hybridized carbons (Fsp3) is 0.500. The van der Waals surface area contributed by atoms with Crippen LogP contribution in [0.15, 0.2) is 24.3 Å². The molecule has 1 aromatic carbocycles. The second-order valence-electron chi connectivity index (χ2n) is 4.90. The Hall–Kier alpha value is -1.88. The molecular formula is C16H24N2O3. The van der Waals surface area contributed by atoms with Crippen molar-refractivity contribution in [1.82, 2.24) is 4.90 Å². The molecule has 116 valence electrons. The number of rotatable bonds is 8. The van der Waals surface area contributed by atoms with Crippen LogP contribution in [0, 0.1) is 0 Å². The fourth-order valence-electron chi connectivity index (χ4n) is 2.24. The molecular weight excluding hydrogens is 268 g/mol. The molecule has 1 amide bonds. The quantitative estimate of drug-likeness (QED) is 0.799.